The van der Waals surface area contributed by atoms with Gasteiger partial charge in [-0.1, -0.05) is 36.8 Å². The van der Waals surface area contributed by atoms with E-state index in [2.05, 4.69) is 0 Å². The lowest BCUT2D eigenvalue weighted by Crippen LogP contribution is -2.43. The van der Waals surface area contributed by atoms with Crippen LogP contribution in [0.4, 0.5) is 13.2 Å². The normalized spacial score (nSPS) is 32.8. The maximum Gasteiger partial charge on any atom is 0.417 e. The van der Waals surface area contributed by atoms with E-state index in [4.69, 9.17) is 0 Å². The van der Waals surface area contributed by atoms with Gasteiger partial charge in [0.2, 0.25) is 0 Å². The third kappa shape index (κ3) is 2.14. The summed E-state index contributed by atoms with van der Waals surface area (Å²) >= 11 is 0. The van der Waals surface area contributed by atoms with Gasteiger partial charge < -0.3 is 5.11 Å². The van der Waals surface area contributed by atoms with Crippen LogP contribution in [0.25, 0.3) is 0 Å². The highest BCUT2D eigenvalue weighted by atomic mass is 19.4. The van der Waals surface area contributed by atoms with E-state index in [1.165, 1.54) is 0 Å². The maximum atomic E-state index is 12.8. The van der Waals surface area contributed by atoms with E-state index in [0.29, 0.717) is 6.42 Å². The van der Waals surface area contributed by atoms with Crippen LogP contribution in [0.3, 0.4) is 0 Å². The molecule has 0 amide bonds. The lowest BCUT2D eigenvalue weighted by molar-refractivity contribution is -0.258. The van der Waals surface area contributed by atoms with E-state index in [9.17, 15) is 18.3 Å². The van der Waals surface area contributed by atoms with E-state index < -0.39 is 17.2 Å². The van der Waals surface area contributed by atoms with Crippen LogP contribution < -0.4 is 0 Å². The second-order valence-electron chi connectivity index (χ2n) is 5.63. The van der Waals surface area contributed by atoms with E-state index >= 15 is 0 Å². The minimum atomic E-state index is -4.55. The largest absolute Gasteiger partial charge is 0.417 e. The van der Waals surface area contributed by atoms with Crippen molar-refractivity contribution < 1.29 is 18.3 Å². The molecule has 0 radical (unpaired) electrons. The lowest BCUT2D eigenvalue weighted by atomic mass is 9.79. The average Bonchev–Trinajstić information content (AvgIpc) is 2.57. The summed E-state index contributed by atoms with van der Waals surface area (Å²) in [7, 11) is 0. The Morgan fingerprint density at radius 1 is 1.11 bits per heavy atom. The third-order valence-electron chi connectivity index (χ3n) is 4.05. The maximum absolute atomic E-state index is 12.8. The Morgan fingerprint density at radius 2 is 1.67 bits per heavy atom. The molecule has 0 saturated heterocycles. The summed E-state index contributed by atoms with van der Waals surface area (Å²) in [5.41, 5.74) is -1.19. The number of alkyl halides is 3. The number of aryl methyl sites for hydroxylation is 1. The van der Waals surface area contributed by atoms with Crippen LogP contribution in [0.2, 0.25) is 0 Å². The Bertz CT molecular complexity index is 437. The summed E-state index contributed by atoms with van der Waals surface area (Å²) in [4.78, 5) is 0. The molecule has 18 heavy (non-hydrogen) atoms. The van der Waals surface area contributed by atoms with Gasteiger partial charge in [0.05, 0.1) is 0 Å². The van der Waals surface area contributed by atoms with Crippen LogP contribution in [0.5, 0.6) is 0 Å². The summed E-state index contributed by atoms with van der Waals surface area (Å²) in [5.74, 6) is 0. The van der Waals surface area contributed by atoms with Gasteiger partial charge in [-0.3, -0.25) is 0 Å². The quantitative estimate of drug-likeness (QED) is 0.813. The van der Waals surface area contributed by atoms with Gasteiger partial charge in [-0.2, -0.15) is 13.2 Å². The van der Waals surface area contributed by atoms with Crippen molar-refractivity contribution in [1.29, 1.82) is 0 Å². The predicted molar refractivity (Wildman–Crippen MR) is 63.4 cm³/mol. The zero-order chi connectivity index (χ0) is 13.6. The van der Waals surface area contributed by atoms with Gasteiger partial charge in [-0.05, 0) is 37.2 Å². The molecule has 1 aromatic carbocycles. The van der Waals surface area contributed by atoms with Gasteiger partial charge in [-0.25, -0.2) is 0 Å². The molecular formula is C14H17F3O. The van der Waals surface area contributed by atoms with Crippen LogP contribution in [0.1, 0.15) is 37.3 Å². The minimum absolute atomic E-state index is 0.221. The zero-order valence-electron chi connectivity index (χ0n) is 10.5. The Kier molecular flexibility index (Phi) is 2.97. The highest BCUT2D eigenvalue weighted by molar-refractivity contribution is 5.30. The molecule has 2 rings (SSSR count). The summed E-state index contributed by atoms with van der Waals surface area (Å²) in [6.45, 7) is 3.73. The molecule has 0 aromatic heterocycles. The molecule has 0 aliphatic heterocycles. The average molecular weight is 258 g/mol. The van der Waals surface area contributed by atoms with Crippen molar-refractivity contribution in [2.24, 2.45) is 0 Å². The Morgan fingerprint density at radius 3 is 2.11 bits per heavy atom. The molecule has 1 saturated carbocycles. The molecule has 1 fully saturated rings. The zero-order valence-corrected chi connectivity index (χ0v) is 10.5. The van der Waals surface area contributed by atoms with Gasteiger partial charge in [-0.15, -0.1) is 0 Å². The van der Waals surface area contributed by atoms with Crippen molar-refractivity contribution in [2.75, 3.05) is 0 Å². The first kappa shape index (κ1) is 13.4. The lowest BCUT2D eigenvalue weighted by Gasteiger charge is -2.30. The molecule has 2 unspecified atom stereocenters. The molecule has 0 bridgehead atoms. The fourth-order valence-corrected chi connectivity index (χ4v) is 2.75. The number of rotatable bonds is 1. The number of halogens is 3. The Hall–Kier alpha value is -1.03. The Balaban J connectivity index is 2.28. The smallest absolute Gasteiger partial charge is 0.380 e. The first-order chi connectivity index (χ1) is 8.16. The van der Waals surface area contributed by atoms with Crippen LogP contribution >= 0.6 is 0 Å². The molecule has 1 nitrogen and oxygen atoms in total. The van der Waals surface area contributed by atoms with Gasteiger partial charge in [0.15, 0.2) is 5.60 Å². The summed E-state index contributed by atoms with van der Waals surface area (Å²) < 4.78 is 38.5. The summed E-state index contributed by atoms with van der Waals surface area (Å²) in [6.07, 6.45) is -4.67. The highest BCUT2D eigenvalue weighted by Crippen LogP contribution is 2.52. The minimum Gasteiger partial charge on any atom is -0.380 e. The van der Waals surface area contributed by atoms with Crippen molar-refractivity contribution in [3.05, 3.63) is 35.4 Å². The van der Waals surface area contributed by atoms with Gasteiger partial charge >= 0.3 is 6.18 Å². The van der Waals surface area contributed by atoms with Gasteiger partial charge in [0, 0.05) is 0 Å². The highest BCUT2D eigenvalue weighted by Gasteiger charge is 2.60. The standard InChI is InChI=1S/C14H17F3O/c1-10-3-5-11(6-4-10)12(2)7-8-13(18,9-12)14(15,16)17/h3-6,18H,7-9H2,1-2H3. The molecule has 100 valence electrons. The number of hydrogen-bond donors (Lipinski definition) is 1. The van der Waals surface area contributed by atoms with Crippen molar-refractivity contribution in [2.45, 2.75) is 50.3 Å². The van der Waals surface area contributed by atoms with Crippen LogP contribution in [0, 0.1) is 6.92 Å². The number of aliphatic hydroxyl groups is 1. The van der Waals surface area contributed by atoms with Crippen molar-refractivity contribution >= 4 is 0 Å². The van der Waals surface area contributed by atoms with Crippen molar-refractivity contribution in [3.63, 3.8) is 0 Å². The number of hydrogen-bond acceptors (Lipinski definition) is 1. The molecule has 1 aromatic rings. The monoisotopic (exact) mass is 258 g/mol. The van der Waals surface area contributed by atoms with Gasteiger partial charge in [0.25, 0.3) is 0 Å². The molecule has 0 heterocycles. The third-order valence-corrected chi connectivity index (χ3v) is 4.05. The predicted octanol–water partition coefficient (Wildman–Crippen LogP) is 3.73. The van der Waals surface area contributed by atoms with Crippen LogP contribution in [0.15, 0.2) is 24.3 Å². The van der Waals surface area contributed by atoms with Gasteiger partial charge in [0.1, 0.15) is 0 Å². The molecule has 0 spiro atoms. The Labute approximate surface area is 105 Å². The topological polar surface area (TPSA) is 20.2 Å². The van der Waals surface area contributed by atoms with Crippen molar-refractivity contribution in [1.82, 2.24) is 0 Å². The molecule has 1 aliphatic rings. The van der Waals surface area contributed by atoms with Crippen molar-refractivity contribution in [3.8, 4) is 0 Å². The first-order valence-electron chi connectivity index (χ1n) is 6.03. The molecule has 2 atom stereocenters. The van der Waals surface area contributed by atoms with Crippen LogP contribution in [-0.4, -0.2) is 16.9 Å². The first-order valence-corrected chi connectivity index (χ1v) is 6.03. The molecule has 4 heteroatoms. The van der Waals surface area contributed by atoms with E-state index in [0.717, 1.165) is 11.1 Å². The molecular weight excluding hydrogens is 241 g/mol. The second kappa shape index (κ2) is 3.98. The molecule has 1 aliphatic carbocycles. The van der Waals surface area contributed by atoms with E-state index in [1.54, 1.807) is 6.92 Å². The fraction of sp³-hybridized carbons (Fsp3) is 0.571. The number of benzene rings is 1. The summed E-state index contributed by atoms with van der Waals surface area (Å²) in [5, 5.41) is 9.75. The van der Waals surface area contributed by atoms with E-state index in [-0.39, 0.29) is 12.8 Å². The fourth-order valence-electron chi connectivity index (χ4n) is 2.75. The second-order valence-corrected chi connectivity index (χ2v) is 5.63. The summed E-state index contributed by atoms with van der Waals surface area (Å²) in [6, 6.07) is 7.51. The van der Waals surface area contributed by atoms with E-state index in [1.807, 2.05) is 31.2 Å². The SMILES string of the molecule is Cc1ccc(C2(C)CCC(O)(C(F)(F)F)C2)cc1. The molecule has 1 N–H and O–H groups in total. The van der Waals surface area contributed by atoms with Crippen LogP contribution in [-0.2, 0) is 5.41 Å².